The first-order chi connectivity index (χ1) is 10.0. The Bertz CT molecular complexity index is 528. The zero-order chi connectivity index (χ0) is 15.2. The summed E-state index contributed by atoms with van der Waals surface area (Å²) < 4.78 is 0. The Hall–Kier alpha value is -1.16. The van der Waals surface area contributed by atoms with Crippen molar-refractivity contribution in [3.05, 3.63) is 57.3 Å². The fourth-order valence-electron chi connectivity index (χ4n) is 2.62. The largest absolute Gasteiger partial charge is 0.324 e. The fourth-order valence-corrected chi connectivity index (χ4v) is 3.32. The highest BCUT2D eigenvalue weighted by Crippen LogP contribution is 2.18. The van der Waals surface area contributed by atoms with Crippen LogP contribution in [0.3, 0.4) is 0 Å². The van der Waals surface area contributed by atoms with Crippen molar-refractivity contribution >= 4 is 11.3 Å². The number of thiophene rings is 1. The molecule has 3 heteroatoms. The minimum Gasteiger partial charge on any atom is -0.324 e. The van der Waals surface area contributed by atoms with Crippen LogP contribution in [0.4, 0.5) is 0 Å². The number of aryl methyl sites for hydroxylation is 2. The summed E-state index contributed by atoms with van der Waals surface area (Å²) in [6, 6.07) is 11.1. The third kappa shape index (κ3) is 5.27. The van der Waals surface area contributed by atoms with Gasteiger partial charge in [0.25, 0.3) is 0 Å². The molecule has 0 spiro atoms. The molecule has 1 aromatic heterocycles. The van der Waals surface area contributed by atoms with Crippen molar-refractivity contribution < 1.29 is 0 Å². The van der Waals surface area contributed by atoms with E-state index in [1.807, 2.05) is 11.3 Å². The van der Waals surface area contributed by atoms with Gasteiger partial charge in [-0.25, -0.2) is 0 Å². The lowest BCUT2D eigenvalue weighted by Gasteiger charge is -2.20. The lowest BCUT2D eigenvalue weighted by Crippen LogP contribution is -2.25. The number of likely N-dealkylation sites (N-methyl/N-ethyl adjacent to an activating group) is 1. The van der Waals surface area contributed by atoms with Crippen molar-refractivity contribution in [2.24, 2.45) is 5.73 Å². The lowest BCUT2D eigenvalue weighted by atomic mass is 10.00. The molecular weight excluding hydrogens is 276 g/mol. The van der Waals surface area contributed by atoms with Crippen molar-refractivity contribution in [3.8, 4) is 0 Å². The van der Waals surface area contributed by atoms with E-state index in [-0.39, 0.29) is 6.04 Å². The molecule has 2 N–H and O–H groups in total. The predicted octanol–water partition coefficient (Wildman–Crippen LogP) is 3.93. The molecule has 0 aliphatic heterocycles. The van der Waals surface area contributed by atoms with Crippen LogP contribution in [0.25, 0.3) is 0 Å². The maximum atomic E-state index is 6.35. The topological polar surface area (TPSA) is 29.3 Å². The first kappa shape index (κ1) is 16.2. The summed E-state index contributed by atoms with van der Waals surface area (Å²) in [6.45, 7) is 6.41. The van der Waals surface area contributed by atoms with E-state index in [0.29, 0.717) is 0 Å². The molecule has 21 heavy (non-hydrogen) atoms. The molecule has 1 atom stereocenters. The van der Waals surface area contributed by atoms with Gasteiger partial charge >= 0.3 is 0 Å². The van der Waals surface area contributed by atoms with Crippen LogP contribution in [0.5, 0.6) is 0 Å². The van der Waals surface area contributed by atoms with Gasteiger partial charge in [-0.1, -0.05) is 35.4 Å². The van der Waals surface area contributed by atoms with Crippen LogP contribution in [-0.4, -0.2) is 25.0 Å². The van der Waals surface area contributed by atoms with E-state index in [1.54, 1.807) is 0 Å². The van der Waals surface area contributed by atoms with E-state index < -0.39 is 0 Å². The van der Waals surface area contributed by atoms with Crippen LogP contribution >= 0.6 is 11.3 Å². The molecule has 2 rings (SSSR count). The molecule has 0 fully saturated rings. The van der Waals surface area contributed by atoms with E-state index in [9.17, 15) is 0 Å². The Morgan fingerprint density at radius 2 is 1.86 bits per heavy atom. The molecule has 0 bridgehead atoms. The molecule has 0 saturated carbocycles. The Balaban J connectivity index is 1.78. The van der Waals surface area contributed by atoms with Gasteiger partial charge in [-0.15, -0.1) is 11.3 Å². The van der Waals surface area contributed by atoms with Gasteiger partial charge in [0.15, 0.2) is 0 Å². The average molecular weight is 302 g/mol. The van der Waals surface area contributed by atoms with Gasteiger partial charge in [0.05, 0.1) is 0 Å². The van der Waals surface area contributed by atoms with Crippen LogP contribution in [0, 0.1) is 13.8 Å². The minimum absolute atomic E-state index is 0.132. The molecule has 0 amide bonds. The molecule has 0 radical (unpaired) electrons. The summed E-state index contributed by atoms with van der Waals surface area (Å²) in [5.74, 6) is 0. The second kappa shape index (κ2) is 7.74. The Labute approximate surface area is 132 Å². The third-order valence-electron chi connectivity index (χ3n) is 3.81. The average Bonchev–Trinajstić information content (AvgIpc) is 2.94. The molecule has 2 aromatic rings. The third-order valence-corrected chi connectivity index (χ3v) is 4.75. The zero-order valence-corrected chi connectivity index (χ0v) is 14.1. The molecule has 1 aromatic carbocycles. The lowest BCUT2D eigenvalue weighted by molar-refractivity contribution is 0.323. The highest BCUT2D eigenvalue weighted by Gasteiger charge is 2.09. The molecular formula is C18H26N2S. The van der Waals surface area contributed by atoms with Gasteiger partial charge in [0, 0.05) is 17.5 Å². The smallest absolute Gasteiger partial charge is 0.0307 e. The molecule has 1 unspecified atom stereocenters. The maximum absolute atomic E-state index is 6.35. The molecule has 0 aliphatic rings. The number of hydrogen-bond acceptors (Lipinski definition) is 3. The van der Waals surface area contributed by atoms with E-state index in [2.05, 4.69) is 61.5 Å². The molecule has 0 aliphatic carbocycles. The van der Waals surface area contributed by atoms with Gasteiger partial charge in [0.2, 0.25) is 0 Å². The molecule has 114 valence electrons. The second-order valence-electron chi connectivity index (χ2n) is 5.95. The number of rotatable bonds is 7. The highest BCUT2D eigenvalue weighted by atomic mass is 32.1. The van der Waals surface area contributed by atoms with Crippen LogP contribution in [0.1, 0.15) is 34.0 Å². The summed E-state index contributed by atoms with van der Waals surface area (Å²) in [7, 11) is 2.18. The van der Waals surface area contributed by atoms with E-state index in [0.717, 1.165) is 25.9 Å². The van der Waals surface area contributed by atoms with Crippen LogP contribution in [0.2, 0.25) is 0 Å². The standard InChI is InChI=1S/C18H26N2S/c1-14-11-15(2)13-16(12-14)18(19)7-9-20(3)8-6-17-5-4-10-21-17/h4-5,10-13,18H,6-9,19H2,1-3H3. The second-order valence-corrected chi connectivity index (χ2v) is 6.98. The highest BCUT2D eigenvalue weighted by molar-refractivity contribution is 7.09. The van der Waals surface area contributed by atoms with Gasteiger partial charge < -0.3 is 10.6 Å². The maximum Gasteiger partial charge on any atom is 0.0307 e. The van der Waals surface area contributed by atoms with Crippen molar-refractivity contribution in [3.63, 3.8) is 0 Å². The van der Waals surface area contributed by atoms with Crippen molar-refractivity contribution in [2.45, 2.75) is 32.7 Å². The summed E-state index contributed by atoms with van der Waals surface area (Å²) in [5, 5.41) is 2.14. The first-order valence-corrected chi connectivity index (χ1v) is 8.47. The quantitative estimate of drug-likeness (QED) is 0.839. The number of nitrogens with two attached hydrogens (primary N) is 1. The minimum atomic E-state index is 0.132. The van der Waals surface area contributed by atoms with Gasteiger partial charge in [-0.3, -0.25) is 0 Å². The number of hydrogen-bond donors (Lipinski definition) is 1. The van der Waals surface area contributed by atoms with Crippen LogP contribution in [-0.2, 0) is 6.42 Å². The molecule has 1 heterocycles. The van der Waals surface area contributed by atoms with Crippen molar-refractivity contribution in [1.82, 2.24) is 4.90 Å². The SMILES string of the molecule is Cc1cc(C)cc(C(N)CCN(C)CCc2cccs2)c1. The summed E-state index contributed by atoms with van der Waals surface area (Å²) in [4.78, 5) is 3.84. The van der Waals surface area contributed by atoms with Gasteiger partial charge in [-0.2, -0.15) is 0 Å². The van der Waals surface area contributed by atoms with Crippen LogP contribution < -0.4 is 5.73 Å². The van der Waals surface area contributed by atoms with Gasteiger partial charge in [-0.05, 0) is 57.3 Å². The fraction of sp³-hybridized carbons (Fsp3) is 0.444. The molecule has 0 saturated heterocycles. The molecule has 2 nitrogen and oxygen atoms in total. The summed E-state index contributed by atoms with van der Waals surface area (Å²) in [5.41, 5.74) is 10.2. The monoisotopic (exact) mass is 302 g/mol. The van der Waals surface area contributed by atoms with E-state index in [4.69, 9.17) is 5.73 Å². The number of benzene rings is 1. The van der Waals surface area contributed by atoms with E-state index in [1.165, 1.54) is 21.6 Å². The van der Waals surface area contributed by atoms with E-state index >= 15 is 0 Å². The van der Waals surface area contributed by atoms with Crippen LogP contribution in [0.15, 0.2) is 35.7 Å². The zero-order valence-electron chi connectivity index (χ0n) is 13.3. The Morgan fingerprint density at radius 3 is 2.48 bits per heavy atom. The normalized spacial score (nSPS) is 12.8. The first-order valence-electron chi connectivity index (χ1n) is 7.59. The summed E-state index contributed by atoms with van der Waals surface area (Å²) in [6.07, 6.45) is 2.14. The van der Waals surface area contributed by atoms with Crippen molar-refractivity contribution in [2.75, 3.05) is 20.1 Å². The van der Waals surface area contributed by atoms with Crippen molar-refractivity contribution in [1.29, 1.82) is 0 Å². The predicted molar refractivity (Wildman–Crippen MR) is 93.0 cm³/mol. The van der Waals surface area contributed by atoms with Gasteiger partial charge in [0.1, 0.15) is 0 Å². The summed E-state index contributed by atoms with van der Waals surface area (Å²) >= 11 is 1.84. The Morgan fingerprint density at radius 1 is 1.14 bits per heavy atom. The number of nitrogens with zero attached hydrogens (tertiary/aromatic N) is 1. The Kier molecular flexibility index (Phi) is 5.97.